The fourth-order valence-corrected chi connectivity index (χ4v) is 6.83. The molecule has 1 aliphatic rings. The summed E-state index contributed by atoms with van der Waals surface area (Å²) in [5, 5.41) is 15.3. The van der Waals surface area contributed by atoms with E-state index >= 15 is 0 Å². The van der Waals surface area contributed by atoms with Crippen LogP contribution in [-0.4, -0.2) is 86.3 Å². The van der Waals surface area contributed by atoms with Gasteiger partial charge in [-0.1, -0.05) is 25.1 Å². The van der Waals surface area contributed by atoms with E-state index in [-0.39, 0.29) is 53.4 Å². The van der Waals surface area contributed by atoms with Crippen LogP contribution >= 0.6 is 0 Å². The Labute approximate surface area is 296 Å². The first-order valence-electron chi connectivity index (χ1n) is 16.7. The number of nitrogens with one attached hydrogen (secondary N) is 2. The van der Waals surface area contributed by atoms with Crippen molar-refractivity contribution >= 4 is 33.3 Å². The van der Waals surface area contributed by atoms with Crippen LogP contribution in [0.1, 0.15) is 56.0 Å². The Morgan fingerprint density at radius 1 is 1.02 bits per heavy atom. The van der Waals surface area contributed by atoms with Gasteiger partial charge in [0.15, 0.2) is 0 Å². The molecule has 0 spiro atoms. The quantitative estimate of drug-likeness (QED) is 0.242. The molecule has 3 aromatic carbocycles. The zero-order valence-corrected chi connectivity index (χ0v) is 29.8. The number of carbonyl (C=O) groups excluding carboxylic acids is 2. The number of halogens is 3. The SMILES string of the molecule is C[C@@H]1CCCCO[C@H](CN(C)S(=O)(=O)c2ccccc2)[C@H](C)CN([C@@H](C)CO)C(=O)c2cc(NC(=O)Nc3ccc(C(F)(F)F)cc3)ccc2O1. The molecule has 51 heavy (non-hydrogen) atoms. The molecule has 1 aliphatic heterocycles. The predicted molar refractivity (Wildman–Crippen MR) is 187 cm³/mol. The van der Waals surface area contributed by atoms with E-state index in [2.05, 4.69) is 10.6 Å². The molecule has 3 aromatic rings. The number of aliphatic hydroxyl groups excluding tert-OH is 1. The number of hydrogen-bond acceptors (Lipinski definition) is 7. The molecule has 0 fully saturated rings. The zero-order chi connectivity index (χ0) is 37.3. The molecule has 0 unspecified atom stereocenters. The molecular formula is C36H45F3N4O7S. The summed E-state index contributed by atoms with van der Waals surface area (Å²) in [5.74, 6) is -0.626. The van der Waals surface area contributed by atoms with Gasteiger partial charge in [-0.15, -0.1) is 0 Å². The van der Waals surface area contributed by atoms with Crippen molar-refractivity contribution in [1.29, 1.82) is 0 Å². The number of nitrogens with zero attached hydrogens (tertiary/aromatic N) is 2. The molecule has 0 radical (unpaired) electrons. The van der Waals surface area contributed by atoms with Gasteiger partial charge in [0.2, 0.25) is 10.0 Å². The van der Waals surface area contributed by atoms with Crippen molar-refractivity contribution < 1.29 is 45.8 Å². The molecule has 3 N–H and O–H groups in total. The van der Waals surface area contributed by atoms with Crippen LogP contribution in [0.25, 0.3) is 0 Å². The molecule has 0 saturated carbocycles. The lowest BCUT2D eigenvalue weighted by atomic mass is 10.0. The molecule has 1 heterocycles. The van der Waals surface area contributed by atoms with E-state index in [0.29, 0.717) is 19.4 Å². The van der Waals surface area contributed by atoms with E-state index in [1.807, 2.05) is 13.8 Å². The first kappa shape index (κ1) is 39.6. The number of benzene rings is 3. The number of carbonyl (C=O) groups is 2. The Hall–Kier alpha value is -4.18. The van der Waals surface area contributed by atoms with E-state index in [1.54, 1.807) is 37.3 Å². The van der Waals surface area contributed by atoms with Gasteiger partial charge in [-0.25, -0.2) is 13.2 Å². The summed E-state index contributed by atoms with van der Waals surface area (Å²) < 4.78 is 79.3. The van der Waals surface area contributed by atoms with Crippen LogP contribution in [0.2, 0.25) is 0 Å². The second kappa shape index (κ2) is 17.4. The maximum atomic E-state index is 14.3. The minimum atomic E-state index is -4.52. The third-order valence-electron chi connectivity index (χ3n) is 8.67. The highest BCUT2D eigenvalue weighted by Gasteiger charge is 2.33. The second-order valence-corrected chi connectivity index (χ2v) is 14.8. The number of ether oxygens (including phenoxy) is 2. The second-order valence-electron chi connectivity index (χ2n) is 12.8. The third kappa shape index (κ3) is 10.7. The van der Waals surface area contributed by atoms with E-state index < -0.39 is 51.8 Å². The van der Waals surface area contributed by atoms with E-state index in [4.69, 9.17) is 9.47 Å². The van der Waals surface area contributed by atoms with Crippen LogP contribution < -0.4 is 15.4 Å². The van der Waals surface area contributed by atoms with Gasteiger partial charge in [-0.3, -0.25) is 4.79 Å². The van der Waals surface area contributed by atoms with Crippen molar-refractivity contribution in [3.8, 4) is 5.75 Å². The molecule has 4 atom stereocenters. The minimum Gasteiger partial charge on any atom is -0.490 e. The van der Waals surface area contributed by atoms with Crippen molar-refractivity contribution in [3.63, 3.8) is 0 Å². The summed E-state index contributed by atoms with van der Waals surface area (Å²) in [7, 11) is -2.34. The molecule has 0 aliphatic carbocycles. The largest absolute Gasteiger partial charge is 0.490 e. The molecule has 3 amide bonds. The van der Waals surface area contributed by atoms with Gasteiger partial charge in [0, 0.05) is 44.0 Å². The molecule has 0 bridgehead atoms. The smallest absolute Gasteiger partial charge is 0.416 e. The molecule has 4 rings (SSSR count). The molecule has 0 saturated heterocycles. The van der Waals surface area contributed by atoms with Gasteiger partial charge < -0.3 is 30.1 Å². The van der Waals surface area contributed by atoms with Gasteiger partial charge in [0.05, 0.1) is 40.9 Å². The number of aliphatic hydroxyl groups is 1. The maximum absolute atomic E-state index is 14.3. The van der Waals surface area contributed by atoms with Crippen molar-refractivity contribution in [2.24, 2.45) is 5.92 Å². The normalized spacial score (nSPS) is 20.1. The number of likely N-dealkylation sites (N-methyl/N-ethyl adjacent to an activating group) is 1. The van der Waals surface area contributed by atoms with E-state index in [9.17, 15) is 36.3 Å². The highest BCUT2D eigenvalue weighted by atomic mass is 32.2. The van der Waals surface area contributed by atoms with Crippen LogP contribution in [0.15, 0.2) is 77.7 Å². The highest BCUT2D eigenvalue weighted by Crippen LogP contribution is 2.31. The van der Waals surface area contributed by atoms with Gasteiger partial charge in [0.25, 0.3) is 5.91 Å². The molecule has 278 valence electrons. The summed E-state index contributed by atoms with van der Waals surface area (Å²) in [6.45, 7) is 5.51. The lowest BCUT2D eigenvalue weighted by Gasteiger charge is -2.35. The fraction of sp³-hybridized carbons (Fsp3) is 0.444. The van der Waals surface area contributed by atoms with Crippen molar-refractivity contribution in [1.82, 2.24) is 9.21 Å². The van der Waals surface area contributed by atoms with E-state index in [0.717, 1.165) is 30.7 Å². The number of hydrogen-bond donors (Lipinski definition) is 3. The number of fused-ring (bicyclic) bond motifs is 1. The first-order chi connectivity index (χ1) is 24.1. The standard InChI is InChI=1S/C36H45F3N4O7S/c1-24-21-43(25(2)23-44)34(45)31-20-29(41-35(46)40-28-15-13-27(14-16-28)36(37,38)39)17-18-32(31)50-26(3)10-8-9-19-49-33(24)22-42(4)51(47,48)30-11-6-5-7-12-30/h5-7,11-18,20,24-26,33,44H,8-10,19,21-23H2,1-4H3,(H2,40,41,46)/t24-,25+,26-,33-/m1/s1. The Morgan fingerprint density at radius 2 is 1.67 bits per heavy atom. The lowest BCUT2D eigenvalue weighted by molar-refractivity contribution is -0.137. The van der Waals surface area contributed by atoms with Gasteiger partial charge in [0.1, 0.15) is 5.75 Å². The van der Waals surface area contributed by atoms with Gasteiger partial charge in [-0.2, -0.15) is 17.5 Å². The number of alkyl halides is 3. The first-order valence-corrected chi connectivity index (χ1v) is 18.1. The summed E-state index contributed by atoms with van der Waals surface area (Å²) in [5.41, 5.74) is -0.407. The van der Waals surface area contributed by atoms with Crippen molar-refractivity contribution in [2.75, 3.05) is 44.0 Å². The fourth-order valence-electron chi connectivity index (χ4n) is 5.62. The number of rotatable bonds is 8. The highest BCUT2D eigenvalue weighted by molar-refractivity contribution is 7.89. The van der Waals surface area contributed by atoms with E-state index in [1.165, 1.54) is 34.5 Å². The van der Waals surface area contributed by atoms with Crippen LogP contribution in [-0.2, 0) is 20.9 Å². The Morgan fingerprint density at radius 3 is 2.31 bits per heavy atom. The third-order valence-corrected chi connectivity index (χ3v) is 10.5. The van der Waals surface area contributed by atoms with Gasteiger partial charge >= 0.3 is 12.2 Å². The summed E-state index contributed by atoms with van der Waals surface area (Å²) in [6.07, 6.45) is -3.37. The Kier molecular flexibility index (Phi) is 13.5. The van der Waals surface area contributed by atoms with Crippen LogP contribution in [0, 0.1) is 5.92 Å². The molecule has 11 nitrogen and oxygen atoms in total. The van der Waals surface area contributed by atoms with Gasteiger partial charge in [-0.05, 0) is 87.7 Å². The van der Waals surface area contributed by atoms with Crippen LogP contribution in [0.4, 0.5) is 29.3 Å². The number of urea groups is 1. The molecular weight excluding hydrogens is 689 g/mol. The summed E-state index contributed by atoms with van der Waals surface area (Å²) in [6, 6.07) is 15.2. The average molecular weight is 735 g/mol. The monoisotopic (exact) mass is 734 g/mol. The summed E-state index contributed by atoms with van der Waals surface area (Å²) in [4.78, 5) is 28.8. The molecule has 0 aromatic heterocycles. The minimum absolute atomic E-state index is 0.0200. The Bertz CT molecular complexity index is 1730. The van der Waals surface area contributed by atoms with Crippen LogP contribution in [0.5, 0.6) is 5.75 Å². The number of anilines is 2. The Balaban J connectivity index is 1.60. The maximum Gasteiger partial charge on any atom is 0.416 e. The summed E-state index contributed by atoms with van der Waals surface area (Å²) >= 11 is 0. The lowest BCUT2D eigenvalue weighted by Crippen LogP contribution is -2.48. The number of sulfonamides is 1. The van der Waals surface area contributed by atoms with Crippen molar-refractivity contribution in [2.45, 2.75) is 69.4 Å². The zero-order valence-electron chi connectivity index (χ0n) is 29.0. The number of amides is 3. The topological polar surface area (TPSA) is 138 Å². The predicted octanol–water partition coefficient (Wildman–Crippen LogP) is 6.47. The van der Waals surface area contributed by atoms with Crippen LogP contribution in [0.3, 0.4) is 0 Å². The molecule has 15 heteroatoms. The van der Waals surface area contributed by atoms with Crippen molar-refractivity contribution in [3.05, 3.63) is 83.9 Å². The average Bonchev–Trinajstić information content (AvgIpc) is 3.09.